The molecule has 0 saturated carbocycles. The van der Waals surface area contributed by atoms with Gasteiger partial charge in [0.2, 0.25) is 11.8 Å². The van der Waals surface area contributed by atoms with Gasteiger partial charge in [-0.05, 0) is 0 Å². The van der Waals surface area contributed by atoms with Crippen LogP contribution in [0.25, 0.3) is 0 Å². The van der Waals surface area contributed by atoms with Gasteiger partial charge in [0.15, 0.2) is 0 Å². The molecule has 0 spiro atoms. The highest BCUT2D eigenvalue weighted by atomic mass is 35.5. The summed E-state index contributed by atoms with van der Waals surface area (Å²) >= 11 is 5.60. The van der Waals surface area contributed by atoms with Crippen molar-refractivity contribution in [3.8, 4) is 0 Å². The lowest BCUT2D eigenvalue weighted by molar-refractivity contribution is -0.136. The van der Waals surface area contributed by atoms with Crippen LogP contribution in [0.2, 0.25) is 5.15 Å². The van der Waals surface area contributed by atoms with Crippen molar-refractivity contribution >= 4 is 23.4 Å². The van der Waals surface area contributed by atoms with Crippen molar-refractivity contribution in [3.05, 3.63) is 23.2 Å². The van der Waals surface area contributed by atoms with Gasteiger partial charge in [0.25, 0.3) is 0 Å². The van der Waals surface area contributed by atoms with Crippen LogP contribution in [0.15, 0.2) is 12.4 Å². The fourth-order valence-corrected chi connectivity index (χ4v) is 1.56. The second-order valence-electron chi connectivity index (χ2n) is 3.45. The summed E-state index contributed by atoms with van der Waals surface area (Å²) in [4.78, 5) is 31.8. The van der Waals surface area contributed by atoms with E-state index in [0.29, 0.717) is 17.4 Å². The normalized spacial score (nSPS) is 17.3. The monoisotopic (exact) mass is 240 g/mol. The highest BCUT2D eigenvalue weighted by molar-refractivity contribution is 6.29. The SMILES string of the molecule is O=C1CN(Cc2cnc(Cl)cn2)CC(=O)N1. The zero-order valence-electron chi connectivity index (χ0n) is 8.31. The van der Waals surface area contributed by atoms with Gasteiger partial charge in [0, 0.05) is 6.54 Å². The van der Waals surface area contributed by atoms with Crippen LogP contribution in [0.4, 0.5) is 0 Å². The summed E-state index contributed by atoms with van der Waals surface area (Å²) < 4.78 is 0. The lowest BCUT2D eigenvalue weighted by Gasteiger charge is -2.24. The standard InChI is InChI=1S/C9H9ClN4O2/c10-7-2-11-6(1-12-7)3-14-4-8(15)13-9(16)5-14/h1-2H,3-5H2,(H,13,15,16). The van der Waals surface area contributed by atoms with Crippen LogP contribution in [0.1, 0.15) is 5.69 Å². The molecule has 0 atom stereocenters. The predicted octanol–water partition coefficient (Wildman–Crippen LogP) is -0.412. The molecule has 0 radical (unpaired) electrons. The number of halogens is 1. The van der Waals surface area contributed by atoms with Crippen molar-refractivity contribution in [1.82, 2.24) is 20.2 Å². The minimum Gasteiger partial charge on any atom is -0.294 e. The molecule has 2 heterocycles. The van der Waals surface area contributed by atoms with Crippen LogP contribution in [0.5, 0.6) is 0 Å². The summed E-state index contributed by atoms with van der Waals surface area (Å²) in [6.07, 6.45) is 2.96. The second kappa shape index (κ2) is 4.54. The van der Waals surface area contributed by atoms with Crippen molar-refractivity contribution in [1.29, 1.82) is 0 Å². The Hall–Kier alpha value is -1.53. The number of hydrogen-bond donors (Lipinski definition) is 1. The first kappa shape index (κ1) is 11.0. The molecule has 1 aromatic rings. The molecule has 0 aromatic carbocycles. The Balaban J connectivity index is 2.01. The molecule has 6 nitrogen and oxygen atoms in total. The summed E-state index contributed by atoms with van der Waals surface area (Å²) in [6, 6.07) is 0. The molecule has 0 aliphatic carbocycles. The van der Waals surface area contributed by atoms with Crippen LogP contribution in [-0.2, 0) is 16.1 Å². The van der Waals surface area contributed by atoms with E-state index < -0.39 is 0 Å². The van der Waals surface area contributed by atoms with Crippen molar-refractivity contribution in [3.63, 3.8) is 0 Å². The van der Waals surface area contributed by atoms with Crippen molar-refractivity contribution in [2.45, 2.75) is 6.54 Å². The summed E-state index contributed by atoms with van der Waals surface area (Å²) in [6.45, 7) is 0.787. The zero-order valence-corrected chi connectivity index (χ0v) is 9.07. The Morgan fingerprint density at radius 1 is 1.25 bits per heavy atom. The van der Waals surface area contributed by atoms with Crippen LogP contribution in [-0.4, -0.2) is 39.8 Å². The molecule has 7 heteroatoms. The minimum atomic E-state index is -0.293. The maximum Gasteiger partial charge on any atom is 0.240 e. The molecule has 1 fully saturated rings. The predicted molar refractivity (Wildman–Crippen MR) is 55.5 cm³/mol. The van der Waals surface area contributed by atoms with Gasteiger partial charge in [-0.25, -0.2) is 4.98 Å². The van der Waals surface area contributed by atoms with E-state index in [4.69, 9.17) is 11.6 Å². The molecule has 2 rings (SSSR count). The number of rotatable bonds is 2. The average Bonchev–Trinajstić information content (AvgIpc) is 2.20. The summed E-state index contributed by atoms with van der Waals surface area (Å²) in [7, 11) is 0. The first-order chi connectivity index (χ1) is 7.63. The lowest BCUT2D eigenvalue weighted by atomic mass is 10.3. The number of carbonyl (C=O) groups excluding carboxylic acids is 2. The first-order valence-corrected chi connectivity index (χ1v) is 5.03. The molecule has 84 valence electrons. The summed E-state index contributed by atoms with van der Waals surface area (Å²) in [5.41, 5.74) is 0.673. The fraction of sp³-hybridized carbons (Fsp3) is 0.333. The number of imide groups is 1. The average molecular weight is 241 g/mol. The number of piperazine rings is 1. The van der Waals surface area contributed by atoms with Gasteiger partial charge in [0.1, 0.15) is 5.15 Å². The Labute approximate surface area is 96.6 Å². The number of aromatic nitrogens is 2. The number of nitrogens with zero attached hydrogens (tertiary/aromatic N) is 3. The maximum atomic E-state index is 11.1. The van der Waals surface area contributed by atoms with Gasteiger partial charge in [-0.15, -0.1) is 0 Å². The van der Waals surface area contributed by atoms with Gasteiger partial charge < -0.3 is 0 Å². The highest BCUT2D eigenvalue weighted by Crippen LogP contribution is 2.05. The molecule has 16 heavy (non-hydrogen) atoms. The Morgan fingerprint density at radius 3 is 2.50 bits per heavy atom. The van der Waals surface area contributed by atoms with E-state index in [2.05, 4.69) is 15.3 Å². The number of carbonyl (C=O) groups is 2. The Morgan fingerprint density at radius 2 is 1.94 bits per heavy atom. The molecule has 0 unspecified atom stereocenters. The van der Waals surface area contributed by atoms with E-state index in [1.54, 1.807) is 4.90 Å². The van der Waals surface area contributed by atoms with E-state index in [-0.39, 0.29) is 24.9 Å². The van der Waals surface area contributed by atoms with E-state index in [9.17, 15) is 9.59 Å². The maximum absolute atomic E-state index is 11.1. The molecule has 1 saturated heterocycles. The molecule has 1 aliphatic heterocycles. The van der Waals surface area contributed by atoms with E-state index in [1.807, 2.05) is 0 Å². The molecular weight excluding hydrogens is 232 g/mol. The third kappa shape index (κ3) is 2.74. The molecule has 1 N–H and O–H groups in total. The van der Waals surface area contributed by atoms with E-state index in [0.717, 1.165) is 0 Å². The lowest BCUT2D eigenvalue weighted by Crippen LogP contribution is -2.50. The smallest absolute Gasteiger partial charge is 0.240 e. The molecule has 1 aromatic heterocycles. The molecule has 0 bridgehead atoms. The largest absolute Gasteiger partial charge is 0.294 e. The molecular formula is C9H9ClN4O2. The second-order valence-corrected chi connectivity index (χ2v) is 3.83. The summed E-state index contributed by atoms with van der Waals surface area (Å²) in [5.74, 6) is -0.587. The van der Waals surface area contributed by atoms with Gasteiger partial charge in [0.05, 0.1) is 31.2 Å². The van der Waals surface area contributed by atoms with Crippen molar-refractivity contribution in [2.75, 3.05) is 13.1 Å². The van der Waals surface area contributed by atoms with Gasteiger partial charge in [-0.3, -0.25) is 24.8 Å². The topological polar surface area (TPSA) is 75.2 Å². The van der Waals surface area contributed by atoms with Crippen molar-refractivity contribution in [2.24, 2.45) is 0 Å². The Kier molecular flexibility index (Phi) is 3.12. The first-order valence-electron chi connectivity index (χ1n) is 4.65. The quantitative estimate of drug-likeness (QED) is 0.712. The highest BCUT2D eigenvalue weighted by Gasteiger charge is 2.22. The third-order valence-corrected chi connectivity index (χ3v) is 2.27. The van der Waals surface area contributed by atoms with Crippen LogP contribution in [0.3, 0.4) is 0 Å². The molecule has 1 aliphatic rings. The van der Waals surface area contributed by atoms with Crippen LogP contribution in [0, 0.1) is 0 Å². The van der Waals surface area contributed by atoms with Crippen molar-refractivity contribution < 1.29 is 9.59 Å². The molecule has 2 amide bonds. The van der Waals surface area contributed by atoms with Crippen LogP contribution < -0.4 is 5.32 Å². The third-order valence-electron chi connectivity index (χ3n) is 2.07. The number of nitrogens with one attached hydrogen (secondary N) is 1. The number of amides is 2. The van der Waals surface area contributed by atoms with Gasteiger partial charge in [-0.1, -0.05) is 11.6 Å². The van der Waals surface area contributed by atoms with Gasteiger partial charge >= 0.3 is 0 Å². The fourth-order valence-electron chi connectivity index (χ4n) is 1.46. The Bertz CT molecular complexity index is 404. The number of hydrogen-bond acceptors (Lipinski definition) is 5. The van der Waals surface area contributed by atoms with E-state index in [1.165, 1.54) is 12.4 Å². The van der Waals surface area contributed by atoms with E-state index >= 15 is 0 Å². The van der Waals surface area contributed by atoms with Gasteiger partial charge in [-0.2, -0.15) is 0 Å². The minimum absolute atomic E-state index is 0.191. The van der Waals surface area contributed by atoms with Crippen LogP contribution >= 0.6 is 11.6 Å². The summed E-state index contributed by atoms with van der Waals surface area (Å²) in [5, 5.41) is 2.54. The zero-order chi connectivity index (χ0) is 11.5.